The standard InChI is InChI=1S/C33H48O10/c1-16-20(10-11-39-16)21-8-9-23-22(31(21)37)7-6-19-12-26(25(35)15-33(19,23)4)42-29-14-27(38-5)32(18(3)41-29)43-28-13-24(34)30(36)17(2)40-28/h6,10-11,17-18,21-30,32,34-36H,7-9,12-15H2,1-5H3. The molecule has 0 amide bonds. The highest BCUT2D eigenvalue weighted by Gasteiger charge is 2.54. The predicted octanol–water partition coefficient (Wildman–Crippen LogP) is 3.54. The first-order valence-electron chi connectivity index (χ1n) is 16.0. The predicted molar refractivity (Wildman–Crippen MR) is 154 cm³/mol. The van der Waals surface area contributed by atoms with Crippen molar-refractivity contribution < 1.29 is 48.2 Å². The van der Waals surface area contributed by atoms with Crippen molar-refractivity contribution in [2.75, 3.05) is 7.11 Å². The van der Waals surface area contributed by atoms with Gasteiger partial charge in [0.1, 0.15) is 23.8 Å². The molecule has 5 aliphatic rings. The van der Waals surface area contributed by atoms with E-state index < -0.39 is 55.3 Å². The summed E-state index contributed by atoms with van der Waals surface area (Å²) in [6.07, 6.45) is 2.04. The van der Waals surface area contributed by atoms with E-state index in [1.165, 1.54) is 5.57 Å². The molecule has 14 unspecified atom stereocenters. The molecule has 10 nitrogen and oxygen atoms in total. The number of carbonyl (C=O) groups excluding carboxylic acids is 1. The van der Waals surface area contributed by atoms with E-state index in [0.717, 1.165) is 30.6 Å². The Morgan fingerprint density at radius 2 is 1.72 bits per heavy atom. The Bertz CT molecular complexity index is 1170. The fourth-order valence-corrected chi connectivity index (χ4v) is 8.65. The van der Waals surface area contributed by atoms with Crippen molar-refractivity contribution in [1.29, 1.82) is 0 Å². The molecule has 2 saturated heterocycles. The highest BCUT2D eigenvalue weighted by atomic mass is 16.7. The average molecular weight is 605 g/mol. The number of carbonyl (C=O) groups is 1. The number of fused-ring (bicyclic) bond motifs is 3. The molecule has 0 radical (unpaired) electrons. The van der Waals surface area contributed by atoms with E-state index >= 15 is 0 Å². The molecule has 43 heavy (non-hydrogen) atoms. The maximum Gasteiger partial charge on any atom is 0.161 e. The van der Waals surface area contributed by atoms with Gasteiger partial charge in [-0.05, 0) is 70.3 Å². The number of hydrogen-bond donors (Lipinski definition) is 3. The zero-order valence-electron chi connectivity index (χ0n) is 25.9. The van der Waals surface area contributed by atoms with Gasteiger partial charge in [0.2, 0.25) is 0 Å². The summed E-state index contributed by atoms with van der Waals surface area (Å²) in [5.41, 5.74) is 2.03. The number of aryl methyl sites for hydroxylation is 1. The van der Waals surface area contributed by atoms with Crippen molar-refractivity contribution in [2.24, 2.45) is 17.3 Å². The Morgan fingerprint density at radius 3 is 2.42 bits per heavy atom. The number of rotatable bonds is 6. The van der Waals surface area contributed by atoms with Crippen LogP contribution in [0, 0.1) is 24.2 Å². The van der Waals surface area contributed by atoms with Crippen molar-refractivity contribution in [2.45, 2.75) is 140 Å². The summed E-state index contributed by atoms with van der Waals surface area (Å²) in [5.74, 6) is 1.17. The average Bonchev–Trinajstić information content (AvgIpc) is 3.39. The largest absolute Gasteiger partial charge is 0.469 e. The van der Waals surface area contributed by atoms with Crippen LogP contribution in [0.5, 0.6) is 0 Å². The Kier molecular flexibility index (Phi) is 8.96. The van der Waals surface area contributed by atoms with Gasteiger partial charge in [0.05, 0.1) is 42.9 Å². The van der Waals surface area contributed by atoms with Crippen LogP contribution >= 0.6 is 0 Å². The van der Waals surface area contributed by atoms with Crippen molar-refractivity contribution in [3.63, 3.8) is 0 Å². The van der Waals surface area contributed by atoms with E-state index in [2.05, 4.69) is 13.0 Å². The normalized spacial score (nSPS) is 47.0. The van der Waals surface area contributed by atoms with Crippen LogP contribution in [0.4, 0.5) is 0 Å². The number of allylic oxidation sites excluding steroid dienone is 1. The fourth-order valence-electron chi connectivity index (χ4n) is 8.65. The second-order valence-corrected chi connectivity index (χ2v) is 13.7. The quantitative estimate of drug-likeness (QED) is 0.414. The number of aliphatic hydroxyl groups is 3. The maximum atomic E-state index is 13.7. The molecule has 2 aliphatic heterocycles. The summed E-state index contributed by atoms with van der Waals surface area (Å²) in [4.78, 5) is 13.7. The van der Waals surface area contributed by atoms with Crippen LogP contribution in [0.3, 0.4) is 0 Å². The first-order chi connectivity index (χ1) is 20.5. The van der Waals surface area contributed by atoms with Crippen LogP contribution < -0.4 is 0 Å². The summed E-state index contributed by atoms with van der Waals surface area (Å²) < 4.78 is 35.9. The Hall–Kier alpha value is -1.63. The van der Waals surface area contributed by atoms with Crippen molar-refractivity contribution in [1.82, 2.24) is 0 Å². The Labute approximate surface area is 253 Å². The molecule has 3 N–H and O–H groups in total. The van der Waals surface area contributed by atoms with E-state index in [0.29, 0.717) is 25.0 Å². The first-order valence-corrected chi connectivity index (χ1v) is 16.0. The number of aliphatic hydroxyl groups excluding tert-OH is 3. The first kappa shape index (κ1) is 31.4. The lowest BCUT2D eigenvalue weighted by atomic mass is 9.51. The SMILES string of the molecule is COC1CC(OC2CC3=CCC4C(=O)C(c5ccoc5C)CCC4C3(C)CC2O)OC(C)C1OC1CC(O)C(O)C(C)O1. The molecule has 0 bridgehead atoms. The van der Waals surface area contributed by atoms with Crippen LogP contribution in [0.15, 0.2) is 28.4 Å². The molecule has 1 aromatic rings. The molecule has 0 spiro atoms. The smallest absolute Gasteiger partial charge is 0.161 e. The van der Waals surface area contributed by atoms with Crippen LogP contribution in [-0.4, -0.2) is 89.6 Å². The molecule has 10 heteroatoms. The lowest BCUT2D eigenvalue weighted by molar-refractivity contribution is -0.321. The molecule has 4 fully saturated rings. The van der Waals surface area contributed by atoms with Crippen LogP contribution in [0.1, 0.15) is 83.0 Å². The van der Waals surface area contributed by atoms with Gasteiger partial charge in [0.25, 0.3) is 0 Å². The van der Waals surface area contributed by atoms with Gasteiger partial charge in [-0.2, -0.15) is 0 Å². The molecular formula is C33H48O10. The summed E-state index contributed by atoms with van der Waals surface area (Å²) >= 11 is 0. The molecule has 240 valence electrons. The number of methoxy groups -OCH3 is 1. The van der Waals surface area contributed by atoms with Crippen LogP contribution in [0.2, 0.25) is 0 Å². The third-order valence-electron chi connectivity index (χ3n) is 11.1. The number of Topliss-reactive ketones (excluding diaryl/α,β-unsaturated/α-hetero) is 1. The minimum absolute atomic E-state index is 0.0473. The summed E-state index contributed by atoms with van der Waals surface area (Å²) in [6.45, 7) is 7.74. The molecule has 0 aromatic carbocycles. The molecule has 14 atom stereocenters. The van der Waals surface area contributed by atoms with Crippen molar-refractivity contribution in [3.05, 3.63) is 35.3 Å². The second kappa shape index (κ2) is 12.3. The Balaban J connectivity index is 1.09. The second-order valence-electron chi connectivity index (χ2n) is 13.7. The van der Waals surface area contributed by atoms with Crippen molar-refractivity contribution in [3.8, 4) is 0 Å². The fraction of sp³-hybridized carbons (Fsp3) is 0.788. The molecule has 3 heterocycles. The molecule has 6 rings (SSSR count). The van der Waals surface area contributed by atoms with E-state index in [4.69, 9.17) is 28.1 Å². The highest BCUT2D eigenvalue weighted by Crippen LogP contribution is 2.58. The maximum absolute atomic E-state index is 13.7. The van der Waals surface area contributed by atoms with Crippen LogP contribution in [0.25, 0.3) is 0 Å². The van der Waals surface area contributed by atoms with Gasteiger partial charge in [-0.3, -0.25) is 4.79 Å². The zero-order valence-corrected chi connectivity index (χ0v) is 25.9. The molecule has 3 aliphatic carbocycles. The highest BCUT2D eigenvalue weighted by molar-refractivity contribution is 5.89. The number of ketones is 1. The molecular weight excluding hydrogens is 556 g/mol. The third-order valence-corrected chi connectivity index (χ3v) is 11.1. The van der Waals surface area contributed by atoms with Gasteiger partial charge in [-0.15, -0.1) is 0 Å². The van der Waals surface area contributed by atoms with Gasteiger partial charge in [0, 0.05) is 37.4 Å². The van der Waals surface area contributed by atoms with Crippen molar-refractivity contribution >= 4 is 5.78 Å². The van der Waals surface area contributed by atoms with E-state index in [1.807, 2.05) is 19.9 Å². The lowest BCUT2D eigenvalue weighted by Gasteiger charge is -2.54. The number of hydrogen-bond acceptors (Lipinski definition) is 10. The van der Waals surface area contributed by atoms with E-state index in [1.54, 1.807) is 20.3 Å². The van der Waals surface area contributed by atoms with Gasteiger partial charge in [-0.25, -0.2) is 0 Å². The van der Waals surface area contributed by atoms with Gasteiger partial charge in [0.15, 0.2) is 12.6 Å². The summed E-state index contributed by atoms with van der Waals surface area (Å²) in [7, 11) is 1.62. The Morgan fingerprint density at radius 1 is 0.977 bits per heavy atom. The zero-order chi connectivity index (χ0) is 30.6. The van der Waals surface area contributed by atoms with Gasteiger partial charge in [-0.1, -0.05) is 18.6 Å². The third kappa shape index (κ3) is 5.78. The number of ether oxygens (including phenoxy) is 5. The minimum Gasteiger partial charge on any atom is -0.469 e. The van der Waals surface area contributed by atoms with Crippen LogP contribution in [-0.2, 0) is 28.5 Å². The van der Waals surface area contributed by atoms with Gasteiger partial charge >= 0.3 is 0 Å². The topological polar surface area (TPSA) is 137 Å². The molecule has 1 aromatic heterocycles. The van der Waals surface area contributed by atoms with Gasteiger partial charge < -0.3 is 43.4 Å². The van der Waals surface area contributed by atoms with E-state index in [-0.39, 0.29) is 35.7 Å². The molecule has 2 saturated carbocycles. The lowest BCUT2D eigenvalue weighted by Crippen LogP contribution is -2.56. The number of furan rings is 1. The monoisotopic (exact) mass is 604 g/mol. The summed E-state index contributed by atoms with van der Waals surface area (Å²) in [5, 5.41) is 31.6. The summed E-state index contributed by atoms with van der Waals surface area (Å²) in [6, 6.07) is 1.94. The van der Waals surface area contributed by atoms with E-state index in [9.17, 15) is 20.1 Å². The minimum atomic E-state index is -0.952.